The SMILES string of the molecule is CCCCCCNCC(=O)c1ccc2c(c1)NCC(C)(C)O2. The van der Waals surface area contributed by atoms with Gasteiger partial charge in [-0.3, -0.25) is 4.79 Å². The lowest BCUT2D eigenvalue weighted by Crippen LogP contribution is -2.40. The highest BCUT2D eigenvalue weighted by Gasteiger charge is 2.26. The van der Waals surface area contributed by atoms with Crippen molar-refractivity contribution in [1.82, 2.24) is 5.32 Å². The van der Waals surface area contributed by atoms with Crippen molar-refractivity contribution in [3.8, 4) is 5.75 Å². The van der Waals surface area contributed by atoms with Gasteiger partial charge in [-0.15, -0.1) is 0 Å². The Morgan fingerprint density at radius 3 is 2.91 bits per heavy atom. The minimum absolute atomic E-state index is 0.130. The van der Waals surface area contributed by atoms with E-state index in [2.05, 4.69) is 17.6 Å². The normalized spacial score (nSPS) is 15.6. The van der Waals surface area contributed by atoms with E-state index in [-0.39, 0.29) is 11.4 Å². The molecule has 0 spiro atoms. The van der Waals surface area contributed by atoms with Crippen LogP contribution in [0.1, 0.15) is 56.8 Å². The predicted octanol–water partition coefficient (Wildman–Crippen LogP) is 3.62. The van der Waals surface area contributed by atoms with Gasteiger partial charge >= 0.3 is 0 Å². The zero-order chi connectivity index (χ0) is 16.0. The first-order chi connectivity index (χ1) is 10.5. The molecule has 0 radical (unpaired) electrons. The van der Waals surface area contributed by atoms with Gasteiger partial charge in [-0.25, -0.2) is 0 Å². The Morgan fingerprint density at radius 1 is 1.32 bits per heavy atom. The van der Waals surface area contributed by atoms with Gasteiger partial charge in [0.2, 0.25) is 0 Å². The number of rotatable bonds is 8. The summed E-state index contributed by atoms with van der Waals surface area (Å²) in [7, 11) is 0. The van der Waals surface area contributed by atoms with E-state index in [0.717, 1.165) is 36.5 Å². The van der Waals surface area contributed by atoms with E-state index in [1.165, 1.54) is 19.3 Å². The molecule has 1 aliphatic rings. The summed E-state index contributed by atoms with van der Waals surface area (Å²) in [6.07, 6.45) is 4.87. The van der Waals surface area contributed by atoms with E-state index in [4.69, 9.17) is 4.74 Å². The molecule has 1 heterocycles. The number of ether oxygens (including phenoxy) is 1. The van der Waals surface area contributed by atoms with Crippen LogP contribution in [-0.2, 0) is 0 Å². The van der Waals surface area contributed by atoms with Gasteiger partial charge in [0.05, 0.1) is 18.8 Å². The van der Waals surface area contributed by atoms with Crippen LogP contribution in [0.3, 0.4) is 0 Å². The molecule has 22 heavy (non-hydrogen) atoms. The second-order valence-electron chi connectivity index (χ2n) is 6.59. The number of anilines is 1. The van der Waals surface area contributed by atoms with E-state index >= 15 is 0 Å². The fourth-order valence-electron chi connectivity index (χ4n) is 2.55. The number of hydrogen-bond acceptors (Lipinski definition) is 4. The Kier molecular flexibility index (Phi) is 5.83. The average Bonchev–Trinajstić information content (AvgIpc) is 2.49. The molecule has 0 atom stereocenters. The zero-order valence-electron chi connectivity index (χ0n) is 14.0. The van der Waals surface area contributed by atoms with Crippen LogP contribution in [0, 0.1) is 0 Å². The monoisotopic (exact) mass is 304 g/mol. The highest BCUT2D eigenvalue weighted by atomic mass is 16.5. The van der Waals surface area contributed by atoms with Gasteiger partial charge in [0.1, 0.15) is 11.4 Å². The number of unbranched alkanes of at least 4 members (excludes halogenated alkanes) is 3. The van der Waals surface area contributed by atoms with Crippen LogP contribution in [0.15, 0.2) is 18.2 Å². The molecule has 0 bridgehead atoms. The van der Waals surface area contributed by atoms with Gasteiger partial charge in [-0.2, -0.15) is 0 Å². The number of fused-ring (bicyclic) bond motifs is 1. The highest BCUT2D eigenvalue weighted by Crippen LogP contribution is 2.33. The molecule has 0 amide bonds. The maximum atomic E-state index is 12.2. The summed E-state index contributed by atoms with van der Waals surface area (Å²) in [6.45, 7) is 8.34. The number of carbonyl (C=O) groups is 1. The van der Waals surface area contributed by atoms with Crippen LogP contribution >= 0.6 is 0 Å². The maximum absolute atomic E-state index is 12.2. The molecule has 122 valence electrons. The fourth-order valence-corrected chi connectivity index (χ4v) is 2.55. The summed E-state index contributed by atoms with van der Waals surface area (Å²) >= 11 is 0. The third-order valence-corrected chi connectivity index (χ3v) is 3.89. The molecular formula is C18H28N2O2. The lowest BCUT2D eigenvalue weighted by Gasteiger charge is -2.33. The van der Waals surface area contributed by atoms with Crippen molar-refractivity contribution in [2.75, 3.05) is 25.0 Å². The standard InChI is InChI=1S/C18H28N2O2/c1-4-5-6-7-10-19-12-16(21)14-8-9-17-15(11-14)20-13-18(2,3)22-17/h8-9,11,19-20H,4-7,10,12-13H2,1-3H3. The molecular weight excluding hydrogens is 276 g/mol. The Bertz CT molecular complexity index is 512. The van der Waals surface area contributed by atoms with Crippen molar-refractivity contribution in [3.63, 3.8) is 0 Å². The number of nitrogens with one attached hydrogen (secondary N) is 2. The van der Waals surface area contributed by atoms with Crippen LogP contribution in [0.2, 0.25) is 0 Å². The summed E-state index contributed by atoms with van der Waals surface area (Å²) in [6, 6.07) is 5.63. The fraction of sp³-hybridized carbons (Fsp3) is 0.611. The third-order valence-electron chi connectivity index (χ3n) is 3.89. The molecule has 0 fully saturated rings. The summed E-state index contributed by atoms with van der Waals surface area (Å²) in [5.74, 6) is 0.949. The first kappa shape index (κ1) is 16.8. The molecule has 0 saturated heterocycles. The van der Waals surface area contributed by atoms with E-state index < -0.39 is 0 Å². The molecule has 0 saturated carbocycles. The van der Waals surface area contributed by atoms with Gasteiger partial charge in [0.15, 0.2) is 5.78 Å². The van der Waals surface area contributed by atoms with Crippen LogP contribution in [0.25, 0.3) is 0 Å². The van der Waals surface area contributed by atoms with Gasteiger partial charge < -0.3 is 15.4 Å². The molecule has 4 nitrogen and oxygen atoms in total. The summed E-state index contributed by atoms with van der Waals surface area (Å²) in [4.78, 5) is 12.2. The Labute approximate surface area is 133 Å². The average molecular weight is 304 g/mol. The largest absolute Gasteiger partial charge is 0.484 e. The topological polar surface area (TPSA) is 50.4 Å². The molecule has 0 unspecified atom stereocenters. The minimum Gasteiger partial charge on any atom is -0.484 e. The van der Waals surface area contributed by atoms with E-state index in [0.29, 0.717) is 6.54 Å². The van der Waals surface area contributed by atoms with Gasteiger partial charge in [-0.05, 0) is 45.0 Å². The Balaban J connectivity index is 1.84. The highest BCUT2D eigenvalue weighted by molar-refractivity contribution is 5.98. The molecule has 1 aliphatic heterocycles. The van der Waals surface area contributed by atoms with Crippen LogP contribution in [0.4, 0.5) is 5.69 Å². The van der Waals surface area contributed by atoms with Crippen LogP contribution in [0.5, 0.6) is 5.75 Å². The number of benzene rings is 1. The first-order valence-electron chi connectivity index (χ1n) is 8.33. The number of Topliss-reactive ketones (excluding diaryl/α,β-unsaturated/α-hetero) is 1. The summed E-state index contributed by atoms with van der Waals surface area (Å²) in [5.41, 5.74) is 1.43. The maximum Gasteiger partial charge on any atom is 0.176 e. The minimum atomic E-state index is -0.210. The third kappa shape index (κ3) is 4.73. The molecule has 2 N–H and O–H groups in total. The molecule has 1 aromatic rings. The number of carbonyl (C=O) groups excluding carboxylic acids is 1. The second kappa shape index (κ2) is 7.63. The molecule has 4 heteroatoms. The lowest BCUT2D eigenvalue weighted by molar-refractivity contribution is 0.0990. The number of hydrogen-bond donors (Lipinski definition) is 2. The van der Waals surface area contributed by atoms with Crippen LogP contribution in [-0.4, -0.2) is 31.0 Å². The first-order valence-corrected chi connectivity index (χ1v) is 8.33. The van der Waals surface area contributed by atoms with E-state index in [9.17, 15) is 4.79 Å². The van der Waals surface area contributed by atoms with Gasteiger partial charge in [0.25, 0.3) is 0 Å². The summed E-state index contributed by atoms with van der Waals surface area (Å²) < 4.78 is 5.90. The van der Waals surface area contributed by atoms with Gasteiger partial charge in [-0.1, -0.05) is 26.2 Å². The molecule has 0 aromatic heterocycles. The summed E-state index contributed by atoms with van der Waals surface area (Å²) in [5, 5.41) is 6.58. The van der Waals surface area contributed by atoms with Crippen molar-refractivity contribution in [3.05, 3.63) is 23.8 Å². The van der Waals surface area contributed by atoms with Crippen LogP contribution < -0.4 is 15.4 Å². The second-order valence-corrected chi connectivity index (χ2v) is 6.59. The molecule has 1 aromatic carbocycles. The molecule has 0 aliphatic carbocycles. The molecule has 2 rings (SSSR count). The quantitative estimate of drug-likeness (QED) is 0.569. The Morgan fingerprint density at radius 2 is 2.14 bits per heavy atom. The van der Waals surface area contributed by atoms with Crippen molar-refractivity contribution in [1.29, 1.82) is 0 Å². The van der Waals surface area contributed by atoms with E-state index in [1.54, 1.807) is 0 Å². The smallest absolute Gasteiger partial charge is 0.176 e. The zero-order valence-corrected chi connectivity index (χ0v) is 14.0. The lowest BCUT2D eigenvalue weighted by atomic mass is 10.0. The number of ketones is 1. The van der Waals surface area contributed by atoms with Crippen molar-refractivity contribution in [2.45, 2.75) is 52.1 Å². The van der Waals surface area contributed by atoms with Gasteiger partial charge in [0, 0.05) is 5.56 Å². The van der Waals surface area contributed by atoms with Crippen molar-refractivity contribution in [2.24, 2.45) is 0 Å². The van der Waals surface area contributed by atoms with E-state index in [1.807, 2.05) is 32.0 Å². The Hall–Kier alpha value is -1.55. The van der Waals surface area contributed by atoms with Crippen molar-refractivity contribution >= 4 is 11.5 Å². The predicted molar refractivity (Wildman–Crippen MR) is 91.0 cm³/mol. The van der Waals surface area contributed by atoms with Crippen molar-refractivity contribution < 1.29 is 9.53 Å².